The molecule has 0 amide bonds. The predicted molar refractivity (Wildman–Crippen MR) is 345 cm³/mol. The maximum absolute atomic E-state index is 14.5. The Morgan fingerprint density at radius 2 is 0.747 bits per heavy atom. The third kappa shape index (κ3) is 15.9. The molecule has 0 spiro atoms. The summed E-state index contributed by atoms with van der Waals surface area (Å²) in [5.41, 5.74) is 6.51. The van der Waals surface area contributed by atoms with E-state index in [-0.39, 0.29) is 57.9 Å². The number of aryl methyl sites for hydroxylation is 1. The topological polar surface area (TPSA) is 179 Å². The van der Waals surface area contributed by atoms with Crippen molar-refractivity contribution in [2.24, 2.45) is 0 Å². The van der Waals surface area contributed by atoms with E-state index >= 15 is 0 Å². The molecule has 10 rings (SSSR count). The summed E-state index contributed by atoms with van der Waals surface area (Å²) in [7, 11) is -9.44. The summed E-state index contributed by atoms with van der Waals surface area (Å²) >= 11 is 0. The molecule has 4 atom stereocenters. The van der Waals surface area contributed by atoms with Crippen LogP contribution in [0.1, 0.15) is 62.9 Å². The fourth-order valence-corrected chi connectivity index (χ4v) is 14.3. The molecule has 4 heterocycles. The van der Waals surface area contributed by atoms with Gasteiger partial charge in [0.05, 0.1) is 31.3 Å². The second-order valence-electron chi connectivity index (χ2n) is 21.3. The van der Waals surface area contributed by atoms with Crippen LogP contribution in [-0.4, -0.2) is 97.3 Å². The lowest BCUT2D eigenvalue weighted by atomic mass is 10.1. The Labute approximate surface area is 508 Å². The van der Waals surface area contributed by atoms with Gasteiger partial charge in [0.25, 0.3) is 22.1 Å². The van der Waals surface area contributed by atoms with Crippen molar-refractivity contribution >= 4 is 54.3 Å². The lowest BCUT2D eigenvalue weighted by Crippen LogP contribution is -2.43. The Balaban J connectivity index is 1.04. The van der Waals surface area contributed by atoms with Crippen molar-refractivity contribution in [2.75, 3.05) is 46.9 Å². The second-order valence-corrected chi connectivity index (χ2v) is 27.6. The number of benzene rings is 6. The molecule has 1 aliphatic heterocycles. The Bertz CT molecular complexity index is 4240. The van der Waals surface area contributed by atoms with Crippen LogP contribution in [0.3, 0.4) is 0 Å². The Kier molecular flexibility index (Phi) is 19.7. The average molecular weight is 1210 g/mol. The molecule has 1 fully saturated rings. The summed E-state index contributed by atoms with van der Waals surface area (Å²) in [6.45, 7) is 7.40. The molecule has 14 nitrogen and oxygen atoms in total. The maximum Gasteiger partial charge on any atom is 0.276 e. The summed E-state index contributed by atoms with van der Waals surface area (Å²) < 4.78 is 54.3. The standard InChI is InChI=1S/C70H65N6O8P3/c1-52-20-22-54(23-21-52)24-27-58-43-61(72-69(46-58)86(79,80)66-16-10-6-11-17-66)50-75-39-38-74(49-60-42-57(28-25-55-30-34-63(83-3)35-31-55)45-68(71-60)85(77,78)65-14-8-5-9-15-65)40-41-76(53(2)48-75)51-62-44-59(29-26-56-32-36-64(84-4)37-33-56)47-70(73-62)87(81,82)67-18-12-7-13-19-67/h5-23,30-37,42-47,53H,38-41,48-51H2,1-4H3,(H,77,78)(H,79,80)(H,81,82)/t53-/m0/s1. The van der Waals surface area contributed by atoms with E-state index in [4.69, 9.17) is 24.4 Å². The van der Waals surface area contributed by atoms with Gasteiger partial charge in [0.2, 0.25) is 0 Å². The van der Waals surface area contributed by atoms with E-state index in [9.17, 15) is 28.4 Å². The van der Waals surface area contributed by atoms with Gasteiger partial charge in [0.15, 0.2) is 0 Å². The SMILES string of the molecule is COc1ccc(C#Cc2cc(CN3CCN(Cc4cc(C#Cc5ccc(C)cc5)cc(P(=O)(O)c5ccccc5)n4)C[C@H](C)N(Cc4cc(C#Cc5ccc(OC)cc5)cc(P(=O)(O)c5ccccc5)n4)CC3)nc(P(=O)(O)c3ccccc3)c2)cc1. The molecule has 0 aliphatic carbocycles. The summed E-state index contributed by atoms with van der Waals surface area (Å²) in [5, 5.41) is 0.727. The molecule has 3 N–H and O–H groups in total. The zero-order valence-electron chi connectivity index (χ0n) is 48.7. The molecule has 438 valence electrons. The number of hydrogen-bond acceptors (Lipinski definition) is 11. The second kappa shape index (κ2) is 27.9. The van der Waals surface area contributed by atoms with Gasteiger partial charge in [-0.2, -0.15) is 0 Å². The smallest absolute Gasteiger partial charge is 0.276 e. The number of methoxy groups -OCH3 is 2. The third-order valence-corrected chi connectivity index (χ3v) is 20.4. The number of hydrogen-bond donors (Lipinski definition) is 3. The zero-order chi connectivity index (χ0) is 61.0. The van der Waals surface area contributed by atoms with Gasteiger partial charge in [0.1, 0.15) is 27.8 Å². The molecule has 0 saturated carbocycles. The molecule has 87 heavy (non-hydrogen) atoms. The molecule has 1 saturated heterocycles. The van der Waals surface area contributed by atoms with E-state index in [0.717, 1.165) is 22.3 Å². The van der Waals surface area contributed by atoms with Gasteiger partial charge in [-0.05, 0) is 147 Å². The molecule has 0 bridgehead atoms. The summed E-state index contributed by atoms with van der Waals surface area (Å²) in [6, 6.07) is 58.2. The number of rotatable bonds is 14. The lowest BCUT2D eigenvalue weighted by molar-refractivity contribution is 0.146. The molecule has 0 radical (unpaired) electrons. The van der Waals surface area contributed by atoms with Crippen molar-refractivity contribution in [1.82, 2.24) is 29.7 Å². The number of nitrogens with zero attached hydrogens (tertiary/aromatic N) is 6. The average Bonchev–Trinajstić information content (AvgIpc) is 3.50. The third-order valence-electron chi connectivity index (χ3n) is 14.8. The van der Waals surface area contributed by atoms with E-state index in [1.807, 2.05) is 97.9 Å². The van der Waals surface area contributed by atoms with Gasteiger partial charge in [-0.25, -0.2) is 15.0 Å². The van der Waals surface area contributed by atoms with E-state index in [0.29, 0.717) is 78.0 Å². The number of ether oxygens (including phenoxy) is 2. The van der Waals surface area contributed by atoms with Crippen LogP contribution in [0.2, 0.25) is 0 Å². The fourth-order valence-electron chi connectivity index (χ4n) is 10.0. The van der Waals surface area contributed by atoms with Crippen LogP contribution in [0, 0.1) is 42.4 Å². The van der Waals surface area contributed by atoms with Gasteiger partial charge < -0.3 is 24.2 Å². The van der Waals surface area contributed by atoms with Gasteiger partial charge in [-0.15, -0.1) is 0 Å². The van der Waals surface area contributed by atoms with E-state index in [2.05, 4.69) is 57.1 Å². The highest BCUT2D eigenvalue weighted by Gasteiger charge is 2.31. The van der Waals surface area contributed by atoms with Crippen LogP contribution in [-0.2, 0) is 33.3 Å². The van der Waals surface area contributed by atoms with Crippen LogP contribution in [0.15, 0.2) is 200 Å². The van der Waals surface area contributed by atoms with Crippen molar-refractivity contribution in [3.8, 4) is 47.0 Å². The summed E-state index contributed by atoms with van der Waals surface area (Å²) in [6.07, 6.45) is 0. The van der Waals surface area contributed by atoms with Gasteiger partial charge >= 0.3 is 0 Å². The predicted octanol–water partition coefficient (Wildman–Crippen LogP) is 8.27. The van der Waals surface area contributed by atoms with Crippen LogP contribution in [0.4, 0.5) is 0 Å². The molecule has 1 aliphatic rings. The van der Waals surface area contributed by atoms with Gasteiger partial charge in [-0.3, -0.25) is 28.4 Å². The fraction of sp³-hybridized carbons (Fsp3) is 0.186. The summed E-state index contributed by atoms with van der Waals surface area (Å²) in [5.74, 6) is 20.8. The van der Waals surface area contributed by atoms with Crippen molar-refractivity contribution in [2.45, 2.75) is 39.5 Å². The van der Waals surface area contributed by atoms with Crippen LogP contribution in [0.25, 0.3) is 0 Å². The molecular weight excluding hydrogens is 1150 g/mol. The minimum Gasteiger partial charge on any atom is -0.497 e. The molecule has 6 aromatic carbocycles. The highest BCUT2D eigenvalue weighted by Crippen LogP contribution is 2.40. The first-order chi connectivity index (χ1) is 42.0. The lowest BCUT2D eigenvalue weighted by Gasteiger charge is -2.32. The van der Waals surface area contributed by atoms with Crippen molar-refractivity contribution in [3.05, 3.63) is 256 Å². The first-order valence-electron chi connectivity index (χ1n) is 28.3. The minimum atomic E-state index is -4.22. The molecule has 9 aromatic rings. The monoisotopic (exact) mass is 1210 g/mol. The Morgan fingerprint density at radius 1 is 0.425 bits per heavy atom. The van der Waals surface area contributed by atoms with Crippen LogP contribution in [0.5, 0.6) is 11.5 Å². The van der Waals surface area contributed by atoms with Crippen LogP contribution < -0.4 is 41.7 Å². The van der Waals surface area contributed by atoms with Crippen molar-refractivity contribution in [3.63, 3.8) is 0 Å². The van der Waals surface area contributed by atoms with E-state index in [1.54, 1.807) is 123 Å². The van der Waals surface area contributed by atoms with Crippen molar-refractivity contribution in [1.29, 1.82) is 0 Å². The first-order valence-corrected chi connectivity index (χ1v) is 33.3. The molecule has 3 unspecified atom stereocenters. The number of pyridine rings is 3. The van der Waals surface area contributed by atoms with Crippen molar-refractivity contribution < 1.29 is 37.8 Å². The largest absolute Gasteiger partial charge is 0.497 e. The van der Waals surface area contributed by atoms with Crippen LogP contribution >= 0.6 is 22.1 Å². The molecular formula is C70H65N6O8P3. The highest BCUT2D eigenvalue weighted by atomic mass is 31.2. The number of aromatic nitrogens is 3. The quantitative estimate of drug-likeness (QED) is 0.0700. The normalized spacial score (nSPS) is 16.0. The highest BCUT2D eigenvalue weighted by molar-refractivity contribution is 7.74. The Morgan fingerprint density at radius 3 is 1.13 bits per heavy atom. The van der Waals surface area contributed by atoms with Gasteiger partial charge in [-0.1, -0.05) is 108 Å². The van der Waals surface area contributed by atoms with E-state index in [1.165, 1.54) is 0 Å². The first kappa shape index (κ1) is 61.6. The zero-order valence-corrected chi connectivity index (χ0v) is 51.4. The minimum absolute atomic E-state index is 0.00263. The van der Waals surface area contributed by atoms with E-state index < -0.39 is 22.1 Å². The molecule has 3 aromatic heterocycles. The Hall–Kier alpha value is -8.50. The molecule has 17 heteroatoms. The van der Waals surface area contributed by atoms with Gasteiger partial charge in [0, 0.05) is 108 Å². The summed E-state index contributed by atoms with van der Waals surface area (Å²) in [4.78, 5) is 57.2. The maximum atomic E-state index is 14.5.